The summed E-state index contributed by atoms with van der Waals surface area (Å²) in [6.45, 7) is 9.72. The minimum Gasteiger partial charge on any atom is -0.375 e. The highest BCUT2D eigenvalue weighted by atomic mass is 16.5. The Labute approximate surface area is 110 Å². The standard InChI is InChI=1S/C13H26N4O/c1-3-16(12-4-5-12)7-6-15-13(14)17-8-9-18-11(2)10-17/h11-12H,3-10H2,1-2H3,(H2,14,15). The molecule has 0 aromatic carbocycles. The lowest BCUT2D eigenvalue weighted by Crippen LogP contribution is -2.48. The van der Waals surface area contributed by atoms with Crippen LogP contribution in [0.25, 0.3) is 0 Å². The second-order valence-electron chi connectivity index (χ2n) is 5.23. The first-order valence-electron chi connectivity index (χ1n) is 7.11. The molecular weight excluding hydrogens is 228 g/mol. The highest BCUT2D eigenvalue weighted by molar-refractivity contribution is 5.78. The van der Waals surface area contributed by atoms with Gasteiger partial charge in [-0.05, 0) is 26.3 Å². The number of hydrogen-bond acceptors (Lipinski definition) is 3. The number of hydrogen-bond donors (Lipinski definition) is 1. The fourth-order valence-corrected chi connectivity index (χ4v) is 2.46. The number of morpholine rings is 1. The van der Waals surface area contributed by atoms with Crippen LogP contribution in [0.5, 0.6) is 0 Å². The van der Waals surface area contributed by atoms with E-state index in [4.69, 9.17) is 10.5 Å². The molecular formula is C13H26N4O. The van der Waals surface area contributed by atoms with Crippen LogP contribution < -0.4 is 5.73 Å². The molecule has 1 aliphatic heterocycles. The van der Waals surface area contributed by atoms with Crippen LogP contribution in [0.15, 0.2) is 4.99 Å². The van der Waals surface area contributed by atoms with Crippen molar-refractivity contribution in [3.8, 4) is 0 Å². The maximum atomic E-state index is 6.03. The summed E-state index contributed by atoms with van der Waals surface area (Å²) in [7, 11) is 0. The molecule has 0 radical (unpaired) electrons. The lowest BCUT2D eigenvalue weighted by Gasteiger charge is -2.32. The number of rotatable bonds is 5. The summed E-state index contributed by atoms with van der Waals surface area (Å²) in [4.78, 5) is 9.13. The summed E-state index contributed by atoms with van der Waals surface area (Å²) in [5, 5.41) is 0. The molecule has 104 valence electrons. The molecule has 1 atom stereocenters. The van der Waals surface area contributed by atoms with Crippen molar-refractivity contribution in [2.24, 2.45) is 10.7 Å². The van der Waals surface area contributed by atoms with E-state index in [9.17, 15) is 0 Å². The van der Waals surface area contributed by atoms with E-state index in [-0.39, 0.29) is 6.10 Å². The van der Waals surface area contributed by atoms with Gasteiger partial charge in [-0.15, -0.1) is 0 Å². The molecule has 2 fully saturated rings. The maximum absolute atomic E-state index is 6.03. The van der Waals surface area contributed by atoms with Crippen LogP contribution in [0.1, 0.15) is 26.7 Å². The minimum absolute atomic E-state index is 0.256. The Morgan fingerprint density at radius 2 is 2.28 bits per heavy atom. The van der Waals surface area contributed by atoms with E-state index in [0.29, 0.717) is 5.96 Å². The largest absolute Gasteiger partial charge is 0.375 e. The quantitative estimate of drug-likeness (QED) is 0.573. The van der Waals surface area contributed by atoms with Gasteiger partial charge in [0.2, 0.25) is 0 Å². The highest BCUT2D eigenvalue weighted by Crippen LogP contribution is 2.25. The predicted molar refractivity (Wildman–Crippen MR) is 73.7 cm³/mol. The molecule has 1 saturated heterocycles. The molecule has 1 heterocycles. The van der Waals surface area contributed by atoms with Gasteiger partial charge in [0.25, 0.3) is 0 Å². The van der Waals surface area contributed by atoms with Crippen LogP contribution in [0, 0.1) is 0 Å². The third-order valence-corrected chi connectivity index (χ3v) is 3.70. The molecule has 1 unspecified atom stereocenters. The van der Waals surface area contributed by atoms with Gasteiger partial charge in [-0.2, -0.15) is 0 Å². The zero-order valence-corrected chi connectivity index (χ0v) is 11.6. The first kappa shape index (κ1) is 13.6. The molecule has 5 heteroatoms. The second kappa shape index (κ2) is 6.38. The Hall–Kier alpha value is -0.810. The average molecular weight is 254 g/mol. The van der Waals surface area contributed by atoms with Gasteiger partial charge in [-0.3, -0.25) is 9.89 Å². The smallest absolute Gasteiger partial charge is 0.191 e. The van der Waals surface area contributed by atoms with Crippen molar-refractivity contribution in [1.82, 2.24) is 9.80 Å². The average Bonchev–Trinajstić information content (AvgIpc) is 3.18. The molecule has 0 bridgehead atoms. The van der Waals surface area contributed by atoms with E-state index in [1.54, 1.807) is 0 Å². The zero-order valence-electron chi connectivity index (χ0n) is 11.6. The van der Waals surface area contributed by atoms with Gasteiger partial charge < -0.3 is 15.4 Å². The Bertz CT molecular complexity index is 291. The topological polar surface area (TPSA) is 54.1 Å². The van der Waals surface area contributed by atoms with Crippen molar-refractivity contribution < 1.29 is 4.74 Å². The lowest BCUT2D eigenvalue weighted by molar-refractivity contribution is 0.00528. The van der Waals surface area contributed by atoms with E-state index in [2.05, 4.69) is 28.6 Å². The van der Waals surface area contributed by atoms with Gasteiger partial charge in [-0.25, -0.2) is 0 Å². The van der Waals surface area contributed by atoms with Crippen molar-refractivity contribution in [1.29, 1.82) is 0 Å². The van der Waals surface area contributed by atoms with Crippen molar-refractivity contribution in [2.75, 3.05) is 39.3 Å². The SMILES string of the molecule is CCN(CCN=C(N)N1CCOC(C)C1)C1CC1. The predicted octanol–water partition coefficient (Wildman–Crippen LogP) is 0.506. The number of guanidine groups is 1. The van der Waals surface area contributed by atoms with Gasteiger partial charge in [-0.1, -0.05) is 6.92 Å². The highest BCUT2D eigenvalue weighted by Gasteiger charge is 2.27. The molecule has 1 saturated carbocycles. The first-order valence-corrected chi connectivity index (χ1v) is 7.11. The van der Waals surface area contributed by atoms with E-state index in [1.807, 2.05) is 0 Å². The summed E-state index contributed by atoms with van der Waals surface area (Å²) >= 11 is 0. The number of nitrogens with two attached hydrogens (primary N) is 1. The van der Waals surface area contributed by atoms with Gasteiger partial charge in [0.05, 0.1) is 19.3 Å². The molecule has 5 nitrogen and oxygen atoms in total. The fourth-order valence-electron chi connectivity index (χ4n) is 2.46. The Morgan fingerprint density at radius 3 is 2.89 bits per heavy atom. The monoisotopic (exact) mass is 254 g/mol. The molecule has 0 aromatic heterocycles. The van der Waals surface area contributed by atoms with Crippen LogP contribution in [0.4, 0.5) is 0 Å². The molecule has 2 N–H and O–H groups in total. The van der Waals surface area contributed by atoms with E-state index in [1.165, 1.54) is 12.8 Å². The fraction of sp³-hybridized carbons (Fsp3) is 0.923. The normalized spacial score (nSPS) is 25.8. The number of likely N-dealkylation sites (N-methyl/N-ethyl adjacent to an activating group) is 1. The lowest BCUT2D eigenvalue weighted by atomic mass is 10.3. The molecule has 2 rings (SSSR count). The molecule has 18 heavy (non-hydrogen) atoms. The van der Waals surface area contributed by atoms with Crippen LogP contribution in [0.3, 0.4) is 0 Å². The minimum atomic E-state index is 0.256. The first-order chi connectivity index (χ1) is 8.70. The number of ether oxygens (including phenoxy) is 1. The summed E-state index contributed by atoms with van der Waals surface area (Å²) in [5.74, 6) is 0.678. The van der Waals surface area contributed by atoms with Crippen LogP contribution >= 0.6 is 0 Å². The molecule has 1 aliphatic carbocycles. The van der Waals surface area contributed by atoms with E-state index < -0.39 is 0 Å². The van der Waals surface area contributed by atoms with Gasteiger partial charge in [0.1, 0.15) is 0 Å². The molecule has 0 amide bonds. The van der Waals surface area contributed by atoms with Crippen LogP contribution in [-0.2, 0) is 4.74 Å². The zero-order chi connectivity index (χ0) is 13.0. The van der Waals surface area contributed by atoms with Crippen molar-refractivity contribution in [3.05, 3.63) is 0 Å². The Morgan fingerprint density at radius 1 is 1.50 bits per heavy atom. The maximum Gasteiger partial charge on any atom is 0.191 e. The van der Waals surface area contributed by atoms with Gasteiger partial charge in [0.15, 0.2) is 5.96 Å². The Balaban J connectivity index is 1.73. The summed E-state index contributed by atoms with van der Waals surface area (Å²) in [6.07, 6.45) is 2.97. The second-order valence-corrected chi connectivity index (χ2v) is 5.23. The van der Waals surface area contributed by atoms with E-state index in [0.717, 1.165) is 45.4 Å². The third kappa shape index (κ3) is 3.85. The van der Waals surface area contributed by atoms with Crippen molar-refractivity contribution in [2.45, 2.75) is 38.8 Å². The summed E-state index contributed by atoms with van der Waals surface area (Å²) in [5.41, 5.74) is 6.03. The third-order valence-electron chi connectivity index (χ3n) is 3.70. The van der Waals surface area contributed by atoms with E-state index >= 15 is 0 Å². The molecule has 0 aromatic rings. The number of nitrogens with zero attached hydrogens (tertiary/aromatic N) is 3. The summed E-state index contributed by atoms with van der Waals surface area (Å²) in [6, 6.07) is 0.815. The number of aliphatic imine (C=N–C) groups is 1. The Kier molecular flexibility index (Phi) is 4.83. The molecule has 2 aliphatic rings. The van der Waals surface area contributed by atoms with Crippen molar-refractivity contribution >= 4 is 5.96 Å². The van der Waals surface area contributed by atoms with Crippen LogP contribution in [-0.4, -0.2) is 67.2 Å². The molecule has 0 spiro atoms. The van der Waals surface area contributed by atoms with Gasteiger partial charge >= 0.3 is 0 Å². The van der Waals surface area contributed by atoms with Crippen LogP contribution in [0.2, 0.25) is 0 Å². The van der Waals surface area contributed by atoms with Gasteiger partial charge in [0, 0.05) is 25.7 Å². The van der Waals surface area contributed by atoms with Crippen molar-refractivity contribution in [3.63, 3.8) is 0 Å². The summed E-state index contributed by atoms with van der Waals surface area (Å²) < 4.78 is 5.50.